The molecule has 16 heavy (non-hydrogen) atoms. The number of carbonyl (C=O) groups is 1. The fraction of sp³-hybridized carbons (Fsp3) is 0.250. The highest BCUT2D eigenvalue weighted by Crippen LogP contribution is 2.31. The van der Waals surface area contributed by atoms with Crippen molar-refractivity contribution in [2.75, 3.05) is 0 Å². The van der Waals surface area contributed by atoms with Gasteiger partial charge in [0.05, 0.1) is 10.7 Å². The second-order valence-electron chi connectivity index (χ2n) is 4.07. The molecular weight excluding hydrogens is 229 g/mol. The van der Waals surface area contributed by atoms with E-state index in [1.807, 2.05) is 0 Å². The van der Waals surface area contributed by atoms with Crippen molar-refractivity contribution in [3.05, 3.63) is 34.2 Å². The first kappa shape index (κ1) is 9.85. The molecule has 2 nitrogen and oxygen atoms in total. The molecule has 1 N–H and O–H groups in total. The van der Waals surface area contributed by atoms with Crippen LogP contribution < -0.4 is 0 Å². The summed E-state index contributed by atoms with van der Waals surface area (Å²) in [5.41, 5.74) is 2.30. The van der Waals surface area contributed by atoms with E-state index in [2.05, 4.69) is 4.98 Å². The van der Waals surface area contributed by atoms with Crippen molar-refractivity contribution in [3.63, 3.8) is 0 Å². The molecular formula is C12H9ClFNO. The average molecular weight is 238 g/mol. The minimum Gasteiger partial charge on any atom is -0.352 e. The number of H-pyrrole nitrogens is 1. The van der Waals surface area contributed by atoms with Gasteiger partial charge in [0.1, 0.15) is 5.82 Å². The van der Waals surface area contributed by atoms with Crippen LogP contribution in [0.5, 0.6) is 0 Å². The summed E-state index contributed by atoms with van der Waals surface area (Å²) in [7, 11) is 0. The predicted molar refractivity (Wildman–Crippen MR) is 60.5 cm³/mol. The van der Waals surface area contributed by atoms with E-state index >= 15 is 0 Å². The van der Waals surface area contributed by atoms with E-state index in [1.165, 1.54) is 12.1 Å². The number of fused-ring (bicyclic) bond motifs is 3. The third-order valence-corrected chi connectivity index (χ3v) is 3.35. The van der Waals surface area contributed by atoms with Gasteiger partial charge in [-0.3, -0.25) is 4.79 Å². The Morgan fingerprint density at radius 3 is 2.94 bits per heavy atom. The van der Waals surface area contributed by atoms with Crippen molar-refractivity contribution in [2.24, 2.45) is 0 Å². The van der Waals surface area contributed by atoms with Crippen molar-refractivity contribution in [1.29, 1.82) is 0 Å². The molecule has 0 bridgehead atoms. The van der Waals surface area contributed by atoms with Gasteiger partial charge in [-0.2, -0.15) is 0 Å². The molecule has 0 fully saturated rings. The largest absolute Gasteiger partial charge is 0.352 e. The van der Waals surface area contributed by atoms with E-state index in [1.54, 1.807) is 0 Å². The molecule has 0 aliphatic heterocycles. The second-order valence-corrected chi connectivity index (χ2v) is 4.47. The quantitative estimate of drug-likeness (QED) is 0.748. The van der Waals surface area contributed by atoms with Gasteiger partial charge in [-0.05, 0) is 30.5 Å². The number of hydrogen-bond acceptors (Lipinski definition) is 1. The molecule has 2 aromatic rings. The molecule has 1 aromatic carbocycles. The van der Waals surface area contributed by atoms with Gasteiger partial charge in [0.15, 0.2) is 5.78 Å². The number of rotatable bonds is 0. The fourth-order valence-corrected chi connectivity index (χ4v) is 2.46. The van der Waals surface area contributed by atoms with E-state index in [-0.39, 0.29) is 10.8 Å². The SMILES string of the molecule is O=C1CCCc2c1[nH]c1cc(Cl)c(F)cc21. The molecule has 0 radical (unpaired) electrons. The molecule has 82 valence electrons. The van der Waals surface area contributed by atoms with E-state index in [4.69, 9.17) is 11.6 Å². The molecule has 0 spiro atoms. The minimum atomic E-state index is -0.436. The van der Waals surface area contributed by atoms with Crippen LogP contribution in [0.25, 0.3) is 10.9 Å². The Morgan fingerprint density at radius 1 is 1.31 bits per heavy atom. The lowest BCUT2D eigenvalue weighted by molar-refractivity contribution is 0.0968. The molecule has 0 amide bonds. The van der Waals surface area contributed by atoms with Crippen LogP contribution in [-0.4, -0.2) is 10.8 Å². The smallest absolute Gasteiger partial charge is 0.179 e. The molecule has 1 aliphatic rings. The maximum atomic E-state index is 13.4. The summed E-state index contributed by atoms with van der Waals surface area (Å²) in [5, 5.41) is 0.864. The maximum absolute atomic E-state index is 13.4. The van der Waals surface area contributed by atoms with Crippen LogP contribution in [0, 0.1) is 5.82 Å². The van der Waals surface area contributed by atoms with Crippen LogP contribution in [0.15, 0.2) is 12.1 Å². The van der Waals surface area contributed by atoms with E-state index in [0.717, 1.165) is 29.3 Å². The van der Waals surface area contributed by atoms with Crippen LogP contribution in [0.4, 0.5) is 4.39 Å². The summed E-state index contributed by atoms with van der Waals surface area (Å²) in [4.78, 5) is 14.7. The normalized spacial score (nSPS) is 15.5. The Kier molecular flexibility index (Phi) is 2.04. The molecule has 1 heterocycles. The Morgan fingerprint density at radius 2 is 2.12 bits per heavy atom. The summed E-state index contributed by atoms with van der Waals surface area (Å²) in [6.07, 6.45) is 2.22. The lowest BCUT2D eigenvalue weighted by Gasteiger charge is -2.09. The Balaban J connectivity index is 2.36. The number of hydrogen-bond donors (Lipinski definition) is 1. The monoisotopic (exact) mass is 237 g/mol. The van der Waals surface area contributed by atoms with E-state index in [9.17, 15) is 9.18 Å². The second kappa shape index (κ2) is 3.32. The number of aryl methyl sites for hydroxylation is 1. The summed E-state index contributed by atoms with van der Waals surface area (Å²) in [5.74, 6) is -0.331. The lowest BCUT2D eigenvalue weighted by Crippen LogP contribution is -2.09. The lowest BCUT2D eigenvalue weighted by atomic mass is 9.95. The molecule has 0 unspecified atom stereocenters. The number of carbonyl (C=O) groups excluding carboxylic acids is 1. The number of aromatic amines is 1. The summed E-state index contributed by atoms with van der Waals surface area (Å²) in [6.45, 7) is 0. The Labute approximate surface area is 96.4 Å². The third kappa shape index (κ3) is 1.28. The zero-order valence-electron chi connectivity index (χ0n) is 8.44. The zero-order chi connectivity index (χ0) is 11.3. The first-order chi connectivity index (χ1) is 7.66. The third-order valence-electron chi connectivity index (χ3n) is 3.06. The topological polar surface area (TPSA) is 32.9 Å². The fourth-order valence-electron chi connectivity index (χ4n) is 2.29. The molecule has 0 saturated carbocycles. The first-order valence-corrected chi connectivity index (χ1v) is 5.57. The van der Waals surface area contributed by atoms with Gasteiger partial charge in [-0.1, -0.05) is 11.6 Å². The number of ketones is 1. The van der Waals surface area contributed by atoms with Gasteiger partial charge in [-0.25, -0.2) is 4.39 Å². The number of aromatic nitrogens is 1. The molecule has 1 aliphatic carbocycles. The van der Waals surface area contributed by atoms with Gasteiger partial charge < -0.3 is 4.98 Å². The van der Waals surface area contributed by atoms with Crippen LogP contribution in [-0.2, 0) is 6.42 Å². The number of nitrogens with one attached hydrogen (secondary N) is 1. The van der Waals surface area contributed by atoms with Gasteiger partial charge >= 0.3 is 0 Å². The Bertz CT molecular complexity index is 603. The van der Waals surface area contributed by atoms with Crippen molar-refractivity contribution < 1.29 is 9.18 Å². The highest BCUT2D eigenvalue weighted by atomic mass is 35.5. The molecule has 0 saturated heterocycles. The standard InChI is InChI=1S/C12H9ClFNO/c13-8-5-10-7(4-9(8)14)6-2-1-3-11(16)12(6)15-10/h4-5,15H,1-3H2. The highest BCUT2D eigenvalue weighted by Gasteiger charge is 2.22. The maximum Gasteiger partial charge on any atom is 0.179 e. The van der Waals surface area contributed by atoms with Crippen molar-refractivity contribution in [3.8, 4) is 0 Å². The first-order valence-electron chi connectivity index (χ1n) is 5.19. The number of Topliss-reactive ketones (excluding diaryl/α,β-unsaturated/α-hetero) is 1. The summed E-state index contributed by atoms with van der Waals surface area (Å²) < 4.78 is 13.4. The van der Waals surface area contributed by atoms with Gasteiger partial charge in [0.2, 0.25) is 0 Å². The van der Waals surface area contributed by atoms with Gasteiger partial charge in [-0.15, -0.1) is 0 Å². The molecule has 0 atom stereocenters. The number of benzene rings is 1. The van der Waals surface area contributed by atoms with Gasteiger partial charge in [0.25, 0.3) is 0 Å². The minimum absolute atomic E-state index is 0.0820. The number of halogens is 2. The van der Waals surface area contributed by atoms with Crippen molar-refractivity contribution in [2.45, 2.75) is 19.3 Å². The van der Waals surface area contributed by atoms with Gasteiger partial charge in [0, 0.05) is 17.3 Å². The van der Waals surface area contributed by atoms with Crippen molar-refractivity contribution in [1.82, 2.24) is 4.98 Å². The predicted octanol–water partition coefficient (Wildman–Crippen LogP) is 3.48. The molecule has 4 heteroatoms. The highest BCUT2D eigenvalue weighted by molar-refractivity contribution is 6.31. The van der Waals surface area contributed by atoms with Crippen LogP contribution in [0.2, 0.25) is 5.02 Å². The Hall–Kier alpha value is -1.35. The van der Waals surface area contributed by atoms with Crippen LogP contribution in [0.3, 0.4) is 0 Å². The molecule has 1 aromatic heterocycles. The van der Waals surface area contributed by atoms with Crippen LogP contribution >= 0.6 is 11.6 Å². The van der Waals surface area contributed by atoms with Crippen LogP contribution in [0.1, 0.15) is 28.9 Å². The van der Waals surface area contributed by atoms with Crippen molar-refractivity contribution >= 4 is 28.3 Å². The van der Waals surface area contributed by atoms with E-state index in [0.29, 0.717) is 12.1 Å². The summed E-state index contributed by atoms with van der Waals surface area (Å²) >= 11 is 5.71. The zero-order valence-corrected chi connectivity index (χ0v) is 9.20. The average Bonchev–Trinajstić information content (AvgIpc) is 2.59. The van der Waals surface area contributed by atoms with E-state index < -0.39 is 5.82 Å². The summed E-state index contributed by atoms with van der Waals surface area (Å²) in [6, 6.07) is 2.95. The molecule has 3 rings (SSSR count).